The Morgan fingerprint density at radius 1 is 1.28 bits per heavy atom. The van der Waals surface area contributed by atoms with Gasteiger partial charge in [-0.2, -0.15) is 0 Å². The molecule has 0 aliphatic heterocycles. The first-order chi connectivity index (χ1) is 11.8. The lowest BCUT2D eigenvalue weighted by Gasteiger charge is -2.24. The lowest BCUT2D eigenvalue weighted by molar-refractivity contribution is 0.0169. The third-order valence-electron chi connectivity index (χ3n) is 4.65. The largest absolute Gasteiger partial charge is 0.378 e. The molecule has 6 heteroatoms. The molecule has 0 spiro atoms. The van der Waals surface area contributed by atoms with Gasteiger partial charge in [-0.1, -0.05) is 18.9 Å². The SMILES string of the molecule is CCOC(CCNC(=NC)NCCc1ccccn1)C1CCCC1.I. The van der Waals surface area contributed by atoms with Gasteiger partial charge in [0, 0.05) is 45.1 Å². The quantitative estimate of drug-likeness (QED) is 0.337. The minimum absolute atomic E-state index is 0. The molecule has 1 aliphatic carbocycles. The van der Waals surface area contributed by atoms with Gasteiger partial charge in [0.05, 0.1) is 6.10 Å². The van der Waals surface area contributed by atoms with Crippen molar-refractivity contribution in [2.45, 2.75) is 51.6 Å². The number of nitrogens with zero attached hydrogens (tertiary/aromatic N) is 2. The summed E-state index contributed by atoms with van der Waals surface area (Å²) in [5, 5.41) is 6.76. The maximum absolute atomic E-state index is 5.97. The zero-order chi connectivity index (χ0) is 17.0. The Labute approximate surface area is 169 Å². The highest BCUT2D eigenvalue weighted by Crippen LogP contribution is 2.30. The Bertz CT molecular complexity index is 478. The van der Waals surface area contributed by atoms with Crippen molar-refractivity contribution < 1.29 is 4.74 Å². The minimum Gasteiger partial charge on any atom is -0.378 e. The molecule has 1 fully saturated rings. The van der Waals surface area contributed by atoms with Crippen LogP contribution in [-0.2, 0) is 11.2 Å². The summed E-state index contributed by atoms with van der Waals surface area (Å²) in [5.74, 6) is 1.60. The van der Waals surface area contributed by atoms with E-state index in [4.69, 9.17) is 4.74 Å². The number of pyridine rings is 1. The number of hydrogen-bond donors (Lipinski definition) is 2. The second kappa shape index (κ2) is 13.3. The third kappa shape index (κ3) is 8.35. The second-order valence-corrected chi connectivity index (χ2v) is 6.32. The van der Waals surface area contributed by atoms with Crippen LogP contribution in [0.1, 0.15) is 44.7 Å². The number of halogens is 1. The zero-order valence-electron chi connectivity index (χ0n) is 15.5. The summed E-state index contributed by atoms with van der Waals surface area (Å²) in [6.45, 7) is 4.62. The summed E-state index contributed by atoms with van der Waals surface area (Å²) < 4.78 is 5.97. The molecule has 5 nitrogen and oxygen atoms in total. The van der Waals surface area contributed by atoms with Gasteiger partial charge in [-0.25, -0.2) is 0 Å². The average Bonchev–Trinajstić information content (AvgIpc) is 3.15. The van der Waals surface area contributed by atoms with E-state index >= 15 is 0 Å². The van der Waals surface area contributed by atoms with Gasteiger partial charge in [-0.05, 0) is 44.2 Å². The van der Waals surface area contributed by atoms with E-state index in [0.29, 0.717) is 6.10 Å². The van der Waals surface area contributed by atoms with Gasteiger partial charge in [-0.15, -0.1) is 24.0 Å². The van der Waals surface area contributed by atoms with Crippen molar-refractivity contribution in [2.75, 3.05) is 26.7 Å². The van der Waals surface area contributed by atoms with Crippen LogP contribution in [0, 0.1) is 5.92 Å². The Morgan fingerprint density at radius 2 is 2.04 bits per heavy atom. The molecule has 2 rings (SSSR count). The van der Waals surface area contributed by atoms with Crippen LogP contribution in [-0.4, -0.2) is 43.8 Å². The van der Waals surface area contributed by atoms with Crippen molar-refractivity contribution in [1.29, 1.82) is 0 Å². The second-order valence-electron chi connectivity index (χ2n) is 6.32. The summed E-state index contributed by atoms with van der Waals surface area (Å²) in [4.78, 5) is 8.63. The van der Waals surface area contributed by atoms with Crippen molar-refractivity contribution in [2.24, 2.45) is 10.9 Å². The van der Waals surface area contributed by atoms with E-state index in [2.05, 4.69) is 27.5 Å². The molecule has 1 aromatic rings. The maximum Gasteiger partial charge on any atom is 0.190 e. The van der Waals surface area contributed by atoms with Crippen molar-refractivity contribution in [3.8, 4) is 0 Å². The van der Waals surface area contributed by atoms with Gasteiger partial charge < -0.3 is 15.4 Å². The number of ether oxygens (including phenoxy) is 1. The summed E-state index contributed by atoms with van der Waals surface area (Å²) in [6.07, 6.45) is 9.51. The number of hydrogen-bond acceptors (Lipinski definition) is 3. The molecule has 0 radical (unpaired) electrons. The molecular weight excluding hydrogens is 427 g/mol. The summed E-state index contributed by atoms with van der Waals surface area (Å²) in [5.41, 5.74) is 1.10. The standard InChI is InChI=1S/C19H32N4O.HI/c1-3-24-18(16-8-4-5-9-16)12-15-23-19(20-2)22-14-11-17-10-6-7-13-21-17;/h6-7,10,13,16,18H,3-5,8-9,11-12,14-15H2,1-2H3,(H2,20,22,23);1H. The first-order valence-corrected chi connectivity index (χ1v) is 9.29. The third-order valence-corrected chi connectivity index (χ3v) is 4.65. The molecule has 25 heavy (non-hydrogen) atoms. The maximum atomic E-state index is 5.97. The highest BCUT2D eigenvalue weighted by Gasteiger charge is 2.24. The highest BCUT2D eigenvalue weighted by atomic mass is 127. The zero-order valence-corrected chi connectivity index (χ0v) is 17.9. The molecule has 1 aromatic heterocycles. The van der Waals surface area contributed by atoms with Gasteiger partial charge >= 0.3 is 0 Å². The molecule has 142 valence electrons. The van der Waals surface area contributed by atoms with Crippen LogP contribution in [0.4, 0.5) is 0 Å². The molecular formula is C19H33IN4O. The fraction of sp³-hybridized carbons (Fsp3) is 0.684. The smallest absolute Gasteiger partial charge is 0.190 e. The Kier molecular flexibility index (Phi) is 11.8. The van der Waals surface area contributed by atoms with Gasteiger partial charge in [-0.3, -0.25) is 9.98 Å². The molecule has 0 amide bonds. The van der Waals surface area contributed by atoms with Gasteiger partial charge in [0.2, 0.25) is 0 Å². The molecule has 1 unspecified atom stereocenters. The first-order valence-electron chi connectivity index (χ1n) is 9.29. The van der Waals surface area contributed by atoms with Crippen LogP contribution in [0.25, 0.3) is 0 Å². The van der Waals surface area contributed by atoms with Crippen LogP contribution in [0.3, 0.4) is 0 Å². The Balaban J connectivity index is 0.00000312. The van der Waals surface area contributed by atoms with Gasteiger partial charge in [0.1, 0.15) is 0 Å². The van der Waals surface area contributed by atoms with Gasteiger partial charge in [0.25, 0.3) is 0 Å². The minimum atomic E-state index is 0. The van der Waals surface area contributed by atoms with Crippen molar-refractivity contribution in [3.63, 3.8) is 0 Å². The fourth-order valence-electron chi connectivity index (χ4n) is 3.41. The summed E-state index contributed by atoms with van der Waals surface area (Å²) in [7, 11) is 1.81. The highest BCUT2D eigenvalue weighted by molar-refractivity contribution is 14.0. The van der Waals surface area contributed by atoms with Crippen LogP contribution in [0.5, 0.6) is 0 Å². The van der Waals surface area contributed by atoms with Crippen LogP contribution < -0.4 is 10.6 Å². The summed E-state index contributed by atoms with van der Waals surface area (Å²) in [6, 6.07) is 6.01. The number of guanidine groups is 1. The van der Waals surface area contributed by atoms with Crippen LogP contribution in [0.15, 0.2) is 29.4 Å². The molecule has 0 aromatic carbocycles. The molecule has 2 N–H and O–H groups in total. The molecule has 1 heterocycles. The number of rotatable bonds is 9. The molecule has 1 atom stereocenters. The number of nitrogens with one attached hydrogen (secondary N) is 2. The lowest BCUT2D eigenvalue weighted by atomic mass is 9.98. The predicted octanol–water partition coefficient (Wildman–Crippen LogP) is 3.39. The van der Waals surface area contributed by atoms with Crippen LogP contribution >= 0.6 is 24.0 Å². The van der Waals surface area contributed by atoms with E-state index < -0.39 is 0 Å². The van der Waals surface area contributed by atoms with Crippen molar-refractivity contribution >= 4 is 29.9 Å². The lowest BCUT2D eigenvalue weighted by Crippen LogP contribution is -2.40. The monoisotopic (exact) mass is 460 g/mol. The van der Waals surface area contributed by atoms with E-state index in [9.17, 15) is 0 Å². The van der Waals surface area contributed by atoms with Crippen molar-refractivity contribution in [3.05, 3.63) is 30.1 Å². The van der Waals surface area contributed by atoms with E-state index in [1.165, 1.54) is 25.7 Å². The van der Waals surface area contributed by atoms with E-state index in [-0.39, 0.29) is 24.0 Å². The molecule has 1 aliphatic rings. The molecule has 1 saturated carbocycles. The molecule has 0 saturated heterocycles. The fourth-order valence-corrected chi connectivity index (χ4v) is 3.41. The Morgan fingerprint density at radius 3 is 2.68 bits per heavy atom. The number of aromatic nitrogens is 1. The average molecular weight is 460 g/mol. The van der Waals surface area contributed by atoms with Crippen LogP contribution in [0.2, 0.25) is 0 Å². The summed E-state index contributed by atoms with van der Waals surface area (Å²) >= 11 is 0. The first kappa shape index (κ1) is 22.2. The Hall–Kier alpha value is -0.890. The van der Waals surface area contributed by atoms with E-state index in [1.54, 1.807) is 0 Å². The normalized spacial score (nSPS) is 16.3. The van der Waals surface area contributed by atoms with E-state index in [1.807, 2.05) is 31.4 Å². The number of aliphatic imine (C=N–C) groups is 1. The van der Waals surface area contributed by atoms with Gasteiger partial charge in [0.15, 0.2) is 5.96 Å². The van der Waals surface area contributed by atoms with E-state index in [0.717, 1.165) is 50.1 Å². The predicted molar refractivity (Wildman–Crippen MR) is 115 cm³/mol. The van der Waals surface area contributed by atoms with Crippen molar-refractivity contribution in [1.82, 2.24) is 15.6 Å². The topological polar surface area (TPSA) is 58.5 Å². The molecule has 0 bridgehead atoms.